The van der Waals surface area contributed by atoms with Crippen molar-refractivity contribution in [2.75, 3.05) is 0 Å². The molecule has 0 atom stereocenters. The standard InChI is InChI=1S/3Ni.W. The van der Waals surface area contributed by atoms with Crippen LogP contribution >= 0.6 is 0 Å². The Morgan fingerprint density at radius 3 is 0.500 bits per heavy atom. The van der Waals surface area contributed by atoms with Gasteiger partial charge in [-0.15, -0.1) is 0 Å². The number of hydrogen-bond acceptors (Lipinski definition) is 0. The van der Waals surface area contributed by atoms with Gasteiger partial charge in [-0.25, -0.2) is 0 Å². The van der Waals surface area contributed by atoms with Crippen molar-refractivity contribution in [3.8, 4) is 0 Å². The van der Waals surface area contributed by atoms with Crippen molar-refractivity contribution in [1.29, 1.82) is 0 Å². The molecule has 4 heteroatoms. The summed E-state index contributed by atoms with van der Waals surface area (Å²) < 4.78 is 0. The monoisotopic (exact) mass is 358 g/mol. The van der Waals surface area contributed by atoms with Crippen LogP contribution < -0.4 is 0 Å². The minimum absolute atomic E-state index is 0. The van der Waals surface area contributed by atoms with Gasteiger partial charge in [-0.1, -0.05) is 0 Å². The summed E-state index contributed by atoms with van der Waals surface area (Å²) in [6, 6.07) is 0. The van der Waals surface area contributed by atoms with Crippen LogP contribution in [0, 0.1) is 0 Å². The van der Waals surface area contributed by atoms with Crippen LogP contribution in [-0.2, 0) is 70.5 Å². The van der Waals surface area contributed by atoms with Crippen LogP contribution in [0.4, 0.5) is 0 Å². The summed E-state index contributed by atoms with van der Waals surface area (Å²) in [5.74, 6) is 0. The molecule has 0 spiro atoms. The summed E-state index contributed by atoms with van der Waals surface area (Å²) in [7, 11) is 0. The molecule has 0 radical (unpaired) electrons. The first-order valence-corrected chi connectivity index (χ1v) is 0. The van der Waals surface area contributed by atoms with Gasteiger partial charge < -0.3 is 0 Å². The third-order valence-electron chi connectivity index (χ3n) is 0. The summed E-state index contributed by atoms with van der Waals surface area (Å²) in [5.41, 5.74) is 0. The van der Waals surface area contributed by atoms with Gasteiger partial charge in [-0.2, -0.15) is 0 Å². The van der Waals surface area contributed by atoms with Gasteiger partial charge in [0.25, 0.3) is 0 Å². The molecular weight excluding hydrogens is 360 g/mol. The second-order valence-electron chi connectivity index (χ2n) is 0. The summed E-state index contributed by atoms with van der Waals surface area (Å²) >= 11 is 0. The molecule has 0 saturated heterocycles. The van der Waals surface area contributed by atoms with E-state index in [-0.39, 0.29) is 70.5 Å². The molecule has 0 bridgehead atoms. The van der Waals surface area contributed by atoms with E-state index in [1.165, 1.54) is 0 Å². The molecule has 0 aliphatic carbocycles. The van der Waals surface area contributed by atoms with Crippen LogP contribution in [-0.4, -0.2) is 0 Å². The van der Waals surface area contributed by atoms with Crippen LogP contribution in [0.1, 0.15) is 0 Å². The summed E-state index contributed by atoms with van der Waals surface area (Å²) in [5, 5.41) is 0. The van der Waals surface area contributed by atoms with E-state index >= 15 is 0 Å². The molecule has 0 unspecified atom stereocenters. The number of rotatable bonds is 0. The maximum atomic E-state index is 0. The van der Waals surface area contributed by atoms with Gasteiger partial charge in [0.1, 0.15) is 0 Å². The Bertz CT molecular complexity index is 3.25. The molecule has 0 nitrogen and oxygen atoms in total. The second kappa shape index (κ2) is 19.1. The maximum absolute atomic E-state index is 0. The minimum Gasteiger partial charge on any atom is 0 e. The molecule has 0 amide bonds. The average Bonchev–Trinajstić information content (AvgIpc) is 0. The van der Waals surface area contributed by atoms with Crippen LogP contribution in [0.3, 0.4) is 0 Å². The van der Waals surface area contributed by atoms with E-state index < -0.39 is 0 Å². The molecule has 0 saturated carbocycles. The molecule has 0 aromatic carbocycles. The SMILES string of the molecule is [Ni].[Ni].[Ni].[W]. The Labute approximate surface area is 69.9 Å². The average molecular weight is 360 g/mol. The van der Waals surface area contributed by atoms with E-state index in [0.717, 1.165) is 0 Å². The smallest absolute Gasteiger partial charge is 0 e. The van der Waals surface area contributed by atoms with Crippen molar-refractivity contribution < 1.29 is 70.5 Å². The van der Waals surface area contributed by atoms with Gasteiger partial charge >= 0.3 is 0 Å². The zero-order chi connectivity index (χ0) is 0. The zero-order valence-electron chi connectivity index (χ0n) is 1.36. The third-order valence-corrected chi connectivity index (χ3v) is 0. The van der Waals surface area contributed by atoms with E-state index in [0.29, 0.717) is 0 Å². The molecule has 0 fully saturated rings. The fourth-order valence-electron chi connectivity index (χ4n) is 0. The predicted molar refractivity (Wildman–Crippen MR) is 0 cm³/mol. The zero-order valence-corrected chi connectivity index (χ0v) is 7.25. The summed E-state index contributed by atoms with van der Waals surface area (Å²) in [4.78, 5) is 0. The molecule has 0 N–H and O–H groups in total. The van der Waals surface area contributed by atoms with Crippen molar-refractivity contribution >= 4 is 0 Å². The Morgan fingerprint density at radius 2 is 0.500 bits per heavy atom. The van der Waals surface area contributed by atoms with Crippen molar-refractivity contribution in [1.82, 2.24) is 0 Å². The van der Waals surface area contributed by atoms with Crippen LogP contribution in [0.15, 0.2) is 0 Å². The van der Waals surface area contributed by atoms with Crippen LogP contribution in [0.25, 0.3) is 0 Å². The molecule has 0 heterocycles. The van der Waals surface area contributed by atoms with Crippen LogP contribution in [0.2, 0.25) is 0 Å². The van der Waals surface area contributed by atoms with Gasteiger partial charge in [-0.3, -0.25) is 0 Å². The fourth-order valence-corrected chi connectivity index (χ4v) is 0. The quantitative estimate of drug-likeness (QED) is 0.534. The van der Waals surface area contributed by atoms with Crippen molar-refractivity contribution in [3.63, 3.8) is 0 Å². The van der Waals surface area contributed by atoms with Crippen molar-refractivity contribution in [3.05, 3.63) is 0 Å². The summed E-state index contributed by atoms with van der Waals surface area (Å²) in [6.45, 7) is 0. The van der Waals surface area contributed by atoms with Gasteiger partial charge in [0.05, 0.1) is 0 Å². The largest absolute Gasteiger partial charge is 0 e. The molecule has 36 valence electrons. The fraction of sp³-hybridized carbons (Fsp3) is 0. The first kappa shape index (κ1) is 35.0. The Balaban J connectivity index is 0. The van der Waals surface area contributed by atoms with E-state index in [2.05, 4.69) is 0 Å². The van der Waals surface area contributed by atoms with E-state index in [4.69, 9.17) is 0 Å². The van der Waals surface area contributed by atoms with E-state index in [1.54, 1.807) is 0 Å². The van der Waals surface area contributed by atoms with Crippen molar-refractivity contribution in [2.45, 2.75) is 0 Å². The first-order chi connectivity index (χ1) is 0. The van der Waals surface area contributed by atoms with Gasteiger partial charge in [0, 0.05) is 70.5 Å². The number of hydrogen-bond donors (Lipinski definition) is 0. The topological polar surface area (TPSA) is 0 Å². The Morgan fingerprint density at radius 1 is 0.500 bits per heavy atom. The third kappa shape index (κ3) is 8.90. The van der Waals surface area contributed by atoms with Crippen LogP contribution in [0.5, 0.6) is 0 Å². The molecular formula is Ni3W. The summed E-state index contributed by atoms with van der Waals surface area (Å²) in [6.07, 6.45) is 0. The van der Waals surface area contributed by atoms with Crippen molar-refractivity contribution in [2.24, 2.45) is 0 Å². The van der Waals surface area contributed by atoms with E-state index in [9.17, 15) is 0 Å². The molecule has 0 aromatic rings. The Hall–Kier alpha value is 2.17. The molecule has 0 rings (SSSR count). The Kier molecular flexibility index (Phi) is 167. The second-order valence-corrected chi connectivity index (χ2v) is 0. The van der Waals surface area contributed by atoms with E-state index in [1.807, 2.05) is 0 Å². The molecule has 0 aliphatic rings. The molecule has 4 heavy (non-hydrogen) atoms. The molecule has 0 aromatic heterocycles. The predicted octanol–water partition coefficient (Wildman–Crippen LogP) is -0.0100. The molecule has 0 aliphatic heterocycles. The van der Waals surface area contributed by atoms with Gasteiger partial charge in [0.15, 0.2) is 0 Å². The first-order valence-electron chi connectivity index (χ1n) is 0. The van der Waals surface area contributed by atoms with Gasteiger partial charge in [0.2, 0.25) is 0 Å². The minimum atomic E-state index is 0. The van der Waals surface area contributed by atoms with Gasteiger partial charge in [-0.05, 0) is 0 Å². The maximum Gasteiger partial charge on any atom is 0 e. The normalized spacial score (nSPS) is 0.